The first-order valence-electron chi connectivity index (χ1n) is 30.1. The summed E-state index contributed by atoms with van der Waals surface area (Å²) in [5, 5.41) is 16.8. The number of nitrogens with zero attached hydrogens (tertiary/aromatic N) is 7. The van der Waals surface area contributed by atoms with Gasteiger partial charge in [0.15, 0.2) is 23.2 Å². The van der Waals surface area contributed by atoms with Crippen molar-refractivity contribution in [1.82, 2.24) is 35.4 Å². The third-order valence-electron chi connectivity index (χ3n) is 11.5. The van der Waals surface area contributed by atoms with Crippen LogP contribution < -0.4 is 29.4 Å². The van der Waals surface area contributed by atoms with Gasteiger partial charge in [-0.3, -0.25) is 28.2 Å². The fraction of sp³-hybridized carbons (Fsp3) is 0.420. The van der Waals surface area contributed by atoms with Gasteiger partial charge in [0.05, 0.1) is 34.7 Å². The molecule has 8 aromatic rings. The normalized spacial score (nSPS) is 11.7. The van der Waals surface area contributed by atoms with Crippen molar-refractivity contribution in [1.29, 1.82) is 0 Å². The van der Waals surface area contributed by atoms with E-state index in [2.05, 4.69) is 39.7 Å². The molecule has 0 aliphatic carbocycles. The van der Waals surface area contributed by atoms with Gasteiger partial charge in [-0.1, -0.05) is 103 Å². The lowest BCUT2D eigenvalue weighted by atomic mass is 10.1. The number of aryl methyl sites for hydroxylation is 3. The smallest absolute Gasteiger partial charge is 0.314 e. The van der Waals surface area contributed by atoms with E-state index in [4.69, 9.17) is 32.9 Å². The SMILES string of the molecule is C.CC(C)ON1C(=O)CCC1=O.CC(C)On1nnc2ccccc21.CC(C)On1nnc2ccccc2c1=O.Cc1c(F)c(F)c(F)c(OC(C)C)c1F.Cc1ccc(OC(=O)CC(C)C)cc1.Cc1ccc(OC(C)C)cc1.Cc1ccc(S(=O)(=O)OC(C)C)cc1. The van der Waals surface area contributed by atoms with E-state index in [1.165, 1.54) is 24.3 Å². The van der Waals surface area contributed by atoms with Crippen molar-refractivity contribution in [3.05, 3.63) is 177 Å². The zero-order valence-corrected chi connectivity index (χ0v) is 56.9. The molecule has 0 N–H and O–H groups in total. The molecule has 0 atom stereocenters. The summed E-state index contributed by atoms with van der Waals surface area (Å²) in [5.41, 5.74) is 4.90. The van der Waals surface area contributed by atoms with Crippen LogP contribution in [0.25, 0.3) is 21.9 Å². The molecule has 514 valence electrons. The Morgan fingerprint density at radius 1 is 0.500 bits per heavy atom. The lowest BCUT2D eigenvalue weighted by molar-refractivity contribution is -0.198. The van der Waals surface area contributed by atoms with Crippen LogP contribution in [0.3, 0.4) is 0 Å². The second kappa shape index (κ2) is 39.7. The summed E-state index contributed by atoms with van der Waals surface area (Å²) in [6, 6.07) is 36.9. The molecule has 2 amide bonds. The highest BCUT2D eigenvalue weighted by molar-refractivity contribution is 7.86. The van der Waals surface area contributed by atoms with E-state index in [0.717, 1.165) is 44.7 Å². The summed E-state index contributed by atoms with van der Waals surface area (Å²) in [7, 11) is -3.58. The molecule has 3 heterocycles. The van der Waals surface area contributed by atoms with Crippen LogP contribution in [0, 0.1) is 56.9 Å². The zero-order chi connectivity index (χ0) is 69.9. The van der Waals surface area contributed by atoms with E-state index in [0.29, 0.717) is 29.0 Å². The maximum absolute atomic E-state index is 13.3. The largest absolute Gasteiger partial charge is 0.491 e. The average Bonchev–Trinajstić information content (AvgIpc) is 1.17. The Morgan fingerprint density at radius 2 is 0.947 bits per heavy atom. The van der Waals surface area contributed by atoms with Crippen LogP contribution in [0.15, 0.2) is 131 Å². The molecule has 94 heavy (non-hydrogen) atoms. The Balaban J connectivity index is 0.000000374. The number of esters is 1. The van der Waals surface area contributed by atoms with Gasteiger partial charge in [0.2, 0.25) is 5.82 Å². The highest BCUT2D eigenvalue weighted by Crippen LogP contribution is 2.30. The number of carbonyl (C=O) groups excluding carboxylic acids is 3. The molecule has 2 aromatic heterocycles. The predicted molar refractivity (Wildman–Crippen MR) is 353 cm³/mol. The highest BCUT2D eigenvalue weighted by Gasteiger charge is 2.31. The second-order valence-corrected chi connectivity index (χ2v) is 24.5. The van der Waals surface area contributed by atoms with Gasteiger partial charge in [0.25, 0.3) is 21.9 Å². The summed E-state index contributed by atoms with van der Waals surface area (Å²) in [4.78, 5) is 63.0. The van der Waals surface area contributed by atoms with Gasteiger partial charge in [0, 0.05) is 24.8 Å². The molecule has 25 heteroatoms. The van der Waals surface area contributed by atoms with E-state index < -0.39 is 50.8 Å². The number of fused-ring (bicyclic) bond motifs is 2. The third kappa shape index (κ3) is 28.2. The number of carbonyl (C=O) groups is 3. The molecule has 9 rings (SSSR count). The summed E-state index contributed by atoms with van der Waals surface area (Å²) in [5.74, 6) is -5.67. The minimum atomic E-state index is -3.58. The fourth-order valence-electron chi connectivity index (χ4n) is 7.33. The van der Waals surface area contributed by atoms with Crippen molar-refractivity contribution in [2.45, 2.75) is 193 Å². The lowest BCUT2D eigenvalue weighted by Gasteiger charge is -2.15. The van der Waals surface area contributed by atoms with E-state index in [-0.39, 0.29) is 79.0 Å². The second-order valence-electron chi connectivity index (χ2n) is 22.9. The van der Waals surface area contributed by atoms with Crippen LogP contribution >= 0.6 is 0 Å². The van der Waals surface area contributed by atoms with Gasteiger partial charge in [-0.05, 0) is 193 Å². The molecule has 1 aliphatic heterocycles. The molecule has 1 saturated heterocycles. The maximum atomic E-state index is 13.3. The van der Waals surface area contributed by atoms with Crippen molar-refractivity contribution in [3.8, 4) is 17.2 Å². The average molecular weight is 1330 g/mol. The number of ether oxygens (including phenoxy) is 3. The first kappa shape index (κ1) is 81.3. The first-order chi connectivity index (χ1) is 43.6. The standard InChI is InChI=1S/C12H16O2.C10H10F4O.C10H11N3O2.C10H14O3S.C10H14O.C9H11N3O.C7H11NO3.CH4/c1-9(2)8-12(13)14-11-6-4-10(3)5-7-11;1-4(2)15-10-7(12)5(3)6(11)8(13)9(10)14;1-7(2)15-13-10(14)8-5-3-4-6-9(8)11-12-13;1-8(2)13-14(11,12)10-6-4-9(3)5-7-10;1-8(2)11-10-6-4-9(3)5-7-10;1-7(2)13-12-9-6-4-3-5-8(9)10-11-12;1-5(2)11-8-6(9)3-4-7(8)10;/h4-7,9H,8H2,1-3H3;4H,1-3H3;3-7H,1-2H3;4-8H,1-3H3;4-8H,1-3H3;3-7H,1-2H3;5H,3-4H2,1-2H3;1H4. The van der Waals surface area contributed by atoms with Crippen LogP contribution in [0.2, 0.25) is 0 Å². The van der Waals surface area contributed by atoms with E-state index >= 15 is 0 Å². The maximum Gasteiger partial charge on any atom is 0.314 e. The molecule has 1 fully saturated rings. The summed E-state index contributed by atoms with van der Waals surface area (Å²) < 4.78 is 95.4. The number of halogens is 4. The van der Waals surface area contributed by atoms with Crippen molar-refractivity contribution in [2.24, 2.45) is 5.92 Å². The summed E-state index contributed by atoms with van der Waals surface area (Å²) in [6.07, 6.45) is 0.298. The summed E-state index contributed by atoms with van der Waals surface area (Å²) >= 11 is 0. The van der Waals surface area contributed by atoms with E-state index in [9.17, 15) is 45.2 Å². The van der Waals surface area contributed by atoms with Crippen LogP contribution in [0.4, 0.5) is 17.6 Å². The molecule has 0 unspecified atom stereocenters. The Kier molecular flexibility index (Phi) is 34.3. The molecular weight excluding hydrogens is 1240 g/mol. The van der Waals surface area contributed by atoms with Crippen molar-refractivity contribution in [3.63, 3.8) is 0 Å². The molecule has 0 saturated carbocycles. The number of rotatable bonds is 16. The number of amides is 2. The number of hydrogen-bond donors (Lipinski definition) is 0. The monoisotopic (exact) mass is 1330 g/mol. The van der Waals surface area contributed by atoms with Gasteiger partial charge in [-0.25, -0.2) is 13.2 Å². The van der Waals surface area contributed by atoms with Gasteiger partial charge in [-0.2, -0.15) is 17.9 Å². The number of benzene rings is 6. The highest BCUT2D eigenvalue weighted by atomic mass is 32.2. The van der Waals surface area contributed by atoms with Crippen LogP contribution in [-0.2, 0) is 33.5 Å². The summed E-state index contributed by atoms with van der Waals surface area (Å²) in [6.45, 7) is 32.6. The third-order valence-corrected chi connectivity index (χ3v) is 12.9. The number of hydrogen-bond acceptors (Lipinski definition) is 17. The minimum absolute atomic E-state index is 0. The Hall–Kier alpha value is -8.81. The van der Waals surface area contributed by atoms with Crippen LogP contribution in [0.1, 0.15) is 146 Å². The van der Waals surface area contributed by atoms with Crippen LogP contribution in [0.5, 0.6) is 17.2 Å². The lowest BCUT2D eigenvalue weighted by Crippen LogP contribution is -2.33. The molecule has 0 spiro atoms. The molecular formula is C69H91F4N7O13S. The number of para-hydroxylation sites is 1. The molecule has 0 radical (unpaired) electrons. The van der Waals surface area contributed by atoms with Gasteiger partial charge < -0.3 is 23.9 Å². The van der Waals surface area contributed by atoms with E-state index in [1.54, 1.807) is 70.2 Å². The number of imide groups is 1. The van der Waals surface area contributed by atoms with Gasteiger partial charge >= 0.3 is 11.5 Å². The quantitative estimate of drug-likeness (QED) is 0.0166. The predicted octanol–water partition coefficient (Wildman–Crippen LogP) is 14.2. The Labute approximate surface area is 549 Å². The minimum Gasteiger partial charge on any atom is -0.491 e. The van der Waals surface area contributed by atoms with Crippen molar-refractivity contribution >= 4 is 49.8 Å². The van der Waals surface area contributed by atoms with Crippen LogP contribution in [-0.4, -0.2) is 98.2 Å². The van der Waals surface area contributed by atoms with Gasteiger partial charge in [0.1, 0.15) is 40.3 Å². The van der Waals surface area contributed by atoms with Crippen molar-refractivity contribution in [2.75, 3.05) is 0 Å². The van der Waals surface area contributed by atoms with Gasteiger partial charge in [-0.15, -0.1) is 10.2 Å². The topological polar surface area (TPSA) is 232 Å². The molecule has 20 nitrogen and oxygen atoms in total. The number of aromatic nitrogens is 6. The molecule has 1 aliphatic rings. The van der Waals surface area contributed by atoms with E-state index in [1.807, 2.05) is 136 Å². The fourth-order valence-corrected chi connectivity index (χ4v) is 8.42. The van der Waals surface area contributed by atoms with Crippen molar-refractivity contribution < 1.29 is 73.3 Å². The molecule has 6 aromatic carbocycles. The molecule has 0 bridgehead atoms. The first-order valence-corrected chi connectivity index (χ1v) is 31.5. The Bertz CT molecular complexity index is 3760. The number of hydroxylamine groups is 2. The zero-order valence-electron chi connectivity index (χ0n) is 56.1. The Morgan fingerprint density at radius 3 is 1.44 bits per heavy atom.